The van der Waals surface area contributed by atoms with Crippen molar-refractivity contribution in [1.29, 1.82) is 0 Å². The second-order valence-corrected chi connectivity index (χ2v) is 5.59. The predicted octanol–water partition coefficient (Wildman–Crippen LogP) is 4.01. The van der Waals surface area contributed by atoms with E-state index in [1.165, 1.54) is 0 Å². The maximum atomic E-state index is 12.8. The van der Waals surface area contributed by atoms with Crippen LogP contribution in [0.5, 0.6) is 0 Å². The van der Waals surface area contributed by atoms with Gasteiger partial charge in [-0.15, -0.1) is 0 Å². The van der Waals surface area contributed by atoms with Crippen molar-refractivity contribution in [2.75, 3.05) is 5.32 Å². The van der Waals surface area contributed by atoms with Crippen molar-refractivity contribution < 1.29 is 22.4 Å². The van der Waals surface area contributed by atoms with Gasteiger partial charge in [-0.25, -0.2) is 0 Å². The van der Waals surface area contributed by atoms with Crippen LogP contribution in [-0.2, 0) is 6.18 Å². The maximum absolute atomic E-state index is 12.8. The number of aromatic nitrogens is 1. The smallest absolute Gasteiger partial charge is 0.417 e. The number of fused-ring (bicyclic) bond motifs is 1. The van der Waals surface area contributed by atoms with Crippen molar-refractivity contribution in [3.05, 3.63) is 63.3 Å². The summed E-state index contributed by atoms with van der Waals surface area (Å²) in [5.41, 5.74) is -0.540. The summed E-state index contributed by atoms with van der Waals surface area (Å²) < 4.78 is 43.8. The third-order valence-corrected chi connectivity index (χ3v) is 3.85. The number of rotatable bonds is 2. The molecular formula is C17H13F3N2O3. The first kappa shape index (κ1) is 16.8. The van der Waals surface area contributed by atoms with Gasteiger partial charge in [0, 0.05) is 17.1 Å². The zero-order valence-corrected chi connectivity index (χ0v) is 13.2. The number of hydrogen-bond acceptors (Lipinski definition) is 3. The molecule has 0 bridgehead atoms. The van der Waals surface area contributed by atoms with E-state index in [0.717, 1.165) is 10.9 Å². The Hall–Kier alpha value is -3.03. The highest BCUT2D eigenvalue weighted by Crippen LogP contribution is 2.30. The quantitative estimate of drug-likeness (QED) is 0.733. The van der Waals surface area contributed by atoms with E-state index in [9.17, 15) is 22.8 Å². The molecule has 0 radical (unpaired) electrons. The lowest BCUT2D eigenvalue weighted by molar-refractivity contribution is -0.137. The minimum atomic E-state index is -4.64. The van der Waals surface area contributed by atoms with E-state index >= 15 is 0 Å². The molecule has 5 nitrogen and oxygen atoms in total. The van der Waals surface area contributed by atoms with Gasteiger partial charge in [0.1, 0.15) is 11.3 Å². The Labute approximate surface area is 139 Å². The summed E-state index contributed by atoms with van der Waals surface area (Å²) in [4.78, 5) is 26.1. The molecule has 0 unspecified atom stereocenters. The molecule has 2 N–H and O–H groups in total. The van der Waals surface area contributed by atoms with Gasteiger partial charge in [-0.3, -0.25) is 9.59 Å². The molecule has 0 atom stereocenters. The first-order valence-electron chi connectivity index (χ1n) is 7.28. The summed E-state index contributed by atoms with van der Waals surface area (Å²) in [5.74, 6) is -0.848. The zero-order chi connectivity index (χ0) is 18.4. The molecule has 2 aromatic heterocycles. The Morgan fingerprint density at radius 1 is 1.24 bits per heavy atom. The summed E-state index contributed by atoms with van der Waals surface area (Å²) >= 11 is 0. The van der Waals surface area contributed by atoms with Gasteiger partial charge in [0.25, 0.3) is 11.5 Å². The maximum Gasteiger partial charge on any atom is 0.417 e. The molecule has 3 rings (SSSR count). The first-order chi connectivity index (χ1) is 11.7. The van der Waals surface area contributed by atoms with Crippen LogP contribution >= 0.6 is 0 Å². The molecule has 25 heavy (non-hydrogen) atoms. The van der Waals surface area contributed by atoms with E-state index in [-0.39, 0.29) is 5.76 Å². The molecule has 0 aliphatic heterocycles. The number of H-pyrrole nitrogens is 1. The third kappa shape index (κ3) is 3.02. The summed E-state index contributed by atoms with van der Waals surface area (Å²) in [7, 11) is 0. The number of carbonyl (C=O) groups is 1. The van der Waals surface area contributed by atoms with Gasteiger partial charge in [0.05, 0.1) is 5.56 Å². The number of pyridine rings is 1. The average Bonchev–Trinajstić information content (AvgIpc) is 2.87. The van der Waals surface area contributed by atoms with Gasteiger partial charge < -0.3 is 14.7 Å². The fraction of sp³-hybridized carbons (Fsp3) is 0.176. The Kier molecular flexibility index (Phi) is 3.90. The number of aryl methyl sites for hydroxylation is 2. The molecule has 1 aromatic carbocycles. The summed E-state index contributed by atoms with van der Waals surface area (Å²) in [5, 5.41) is 2.91. The number of para-hydroxylation sites is 1. The molecule has 0 fully saturated rings. The highest BCUT2D eigenvalue weighted by molar-refractivity contribution is 6.06. The van der Waals surface area contributed by atoms with Crippen LogP contribution in [0.1, 0.15) is 27.2 Å². The summed E-state index contributed by atoms with van der Waals surface area (Å²) in [6, 6.07) is 5.97. The van der Waals surface area contributed by atoms with Crippen molar-refractivity contribution in [3.63, 3.8) is 0 Å². The van der Waals surface area contributed by atoms with Crippen molar-refractivity contribution >= 4 is 22.6 Å². The minimum absolute atomic E-state index is 0.0545. The molecule has 0 aliphatic rings. The van der Waals surface area contributed by atoms with Gasteiger partial charge >= 0.3 is 6.18 Å². The Morgan fingerprint density at radius 3 is 2.60 bits per heavy atom. The monoisotopic (exact) mass is 350 g/mol. The number of anilines is 1. The predicted molar refractivity (Wildman–Crippen MR) is 85.7 cm³/mol. The molecule has 0 aliphatic carbocycles. The standard InChI is InChI=1S/C17H13F3N2O3/c1-8-4-3-5-11-9(2)14(25-13(8)11)16(24)22-12-6-10(17(18,19)20)7-21-15(12)23/h3-7H,1-2H3,(H,21,23)(H,22,24). The Balaban J connectivity index is 2.00. The summed E-state index contributed by atoms with van der Waals surface area (Å²) in [6.45, 7) is 3.47. The second-order valence-electron chi connectivity index (χ2n) is 5.59. The van der Waals surface area contributed by atoms with Crippen LogP contribution in [0.3, 0.4) is 0 Å². The van der Waals surface area contributed by atoms with Crippen LogP contribution in [0.2, 0.25) is 0 Å². The molecule has 1 amide bonds. The number of hydrogen-bond donors (Lipinski definition) is 2. The number of alkyl halides is 3. The molecule has 0 spiro atoms. The van der Waals surface area contributed by atoms with Crippen LogP contribution in [0.15, 0.2) is 39.7 Å². The lowest BCUT2D eigenvalue weighted by Gasteiger charge is -2.08. The van der Waals surface area contributed by atoms with Gasteiger partial charge in [0.15, 0.2) is 5.76 Å². The van der Waals surface area contributed by atoms with E-state index in [4.69, 9.17) is 4.42 Å². The molecule has 8 heteroatoms. The fourth-order valence-corrected chi connectivity index (χ4v) is 2.52. The fourth-order valence-electron chi connectivity index (χ4n) is 2.52. The highest BCUT2D eigenvalue weighted by Gasteiger charge is 2.31. The lowest BCUT2D eigenvalue weighted by Crippen LogP contribution is -2.21. The number of nitrogens with one attached hydrogen (secondary N) is 2. The van der Waals surface area contributed by atoms with E-state index in [0.29, 0.717) is 23.4 Å². The topological polar surface area (TPSA) is 75.1 Å². The normalized spacial score (nSPS) is 11.7. The molecule has 3 aromatic rings. The van der Waals surface area contributed by atoms with E-state index in [1.807, 2.05) is 18.0 Å². The lowest BCUT2D eigenvalue weighted by atomic mass is 10.1. The molecule has 0 saturated heterocycles. The van der Waals surface area contributed by atoms with Gasteiger partial charge in [-0.2, -0.15) is 13.2 Å². The van der Waals surface area contributed by atoms with E-state index < -0.39 is 28.9 Å². The largest absolute Gasteiger partial charge is 0.450 e. The average molecular weight is 350 g/mol. The van der Waals surface area contributed by atoms with Crippen molar-refractivity contribution in [2.24, 2.45) is 0 Å². The van der Waals surface area contributed by atoms with Gasteiger partial charge in [0.2, 0.25) is 0 Å². The number of benzene rings is 1. The zero-order valence-electron chi connectivity index (χ0n) is 13.2. The Morgan fingerprint density at radius 2 is 1.96 bits per heavy atom. The number of halogens is 3. The molecular weight excluding hydrogens is 337 g/mol. The summed E-state index contributed by atoms with van der Waals surface area (Å²) in [6.07, 6.45) is -4.09. The molecule has 0 saturated carbocycles. The van der Waals surface area contributed by atoms with Crippen LogP contribution in [0.4, 0.5) is 18.9 Å². The van der Waals surface area contributed by atoms with Crippen molar-refractivity contribution in [2.45, 2.75) is 20.0 Å². The molecule has 2 heterocycles. The SMILES string of the molecule is Cc1c(C(=O)Nc2cc(C(F)(F)F)c[nH]c2=O)oc2c(C)cccc12. The number of amides is 1. The van der Waals surface area contributed by atoms with Crippen LogP contribution in [0.25, 0.3) is 11.0 Å². The first-order valence-corrected chi connectivity index (χ1v) is 7.28. The van der Waals surface area contributed by atoms with Gasteiger partial charge in [-0.1, -0.05) is 18.2 Å². The van der Waals surface area contributed by atoms with Crippen LogP contribution in [0, 0.1) is 13.8 Å². The van der Waals surface area contributed by atoms with Crippen LogP contribution < -0.4 is 10.9 Å². The number of furan rings is 1. The van der Waals surface area contributed by atoms with E-state index in [2.05, 4.69) is 5.32 Å². The Bertz CT molecular complexity index is 1030. The number of carbonyl (C=O) groups excluding carboxylic acids is 1. The van der Waals surface area contributed by atoms with E-state index in [1.54, 1.807) is 19.1 Å². The minimum Gasteiger partial charge on any atom is -0.450 e. The number of aromatic amines is 1. The van der Waals surface area contributed by atoms with Crippen molar-refractivity contribution in [1.82, 2.24) is 4.98 Å². The van der Waals surface area contributed by atoms with Crippen LogP contribution in [-0.4, -0.2) is 10.9 Å². The third-order valence-electron chi connectivity index (χ3n) is 3.85. The highest BCUT2D eigenvalue weighted by atomic mass is 19.4. The molecule has 130 valence electrons. The van der Waals surface area contributed by atoms with Gasteiger partial charge in [-0.05, 0) is 25.5 Å². The van der Waals surface area contributed by atoms with Crippen molar-refractivity contribution in [3.8, 4) is 0 Å². The second kappa shape index (κ2) is 5.80.